The molecule has 1 aromatic carbocycles. The lowest BCUT2D eigenvalue weighted by Gasteiger charge is -2.06. The van der Waals surface area contributed by atoms with Gasteiger partial charge < -0.3 is 15.1 Å². The van der Waals surface area contributed by atoms with E-state index in [4.69, 9.17) is 16.0 Å². The van der Waals surface area contributed by atoms with Gasteiger partial charge in [-0.2, -0.15) is 5.10 Å². The number of carbonyl (C=O) groups is 2. The van der Waals surface area contributed by atoms with Crippen molar-refractivity contribution in [2.45, 2.75) is 6.54 Å². The van der Waals surface area contributed by atoms with Crippen molar-refractivity contribution in [3.8, 4) is 17.1 Å². The van der Waals surface area contributed by atoms with E-state index >= 15 is 0 Å². The van der Waals surface area contributed by atoms with E-state index in [0.29, 0.717) is 28.7 Å². The van der Waals surface area contributed by atoms with E-state index < -0.39 is 5.91 Å². The molecule has 0 radical (unpaired) electrons. The number of nitrogens with zero attached hydrogens (tertiary/aromatic N) is 3. The molecule has 3 heterocycles. The molecular weight excluding hydrogens is 418 g/mol. The van der Waals surface area contributed by atoms with E-state index in [0.717, 1.165) is 5.56 Å². The Morgan fingerprint density at radius 2 is 1.87 bits per heavy atom. The van der Waals surface area contributed by atoms with Gasteiger partial charge in [0.1, 0.15) is 5.69 Å². The molecule has 0 unspecified atom stereocenters. The Bertz CT molecular complexity index is 1190. The summed E-state index contributed by atoms with van der Waals surface area (Å²) < 4.78 is 7.06. The number of hydrogen-bond donors (Lipinski definition) is 2. The van der Waals surface area contributed by atoms with E-state index in [-0.39, 0.29) is 18.1 Å². The molecule has 0 aliphatic heterocycles. The summed E-state index contributed by atoms with van der Waals surface area (Å²) in [6.45, 7) is 0.174. The van der Waals surface area contributed by atoms with Gasteiger partial charge in [0.05, 0.1) is 18.5 Å². The molecular formula is C22H18ClN5O3. The Hall–Kier alpha value is -3.91. The van der Waals surface area contributed by atoms with Crippen molar-refractivity contribution in [1.82, 2.24) is 25.4 Å². The van der Waals surface area contributed by atoms with Crippen LogP contribution in [-0.2, 0) is 11.3 Å². The molecule has 0 fully saturated rings. The Morgan fingerprint density at radius 1 is 1.03 bits per heavy atom. The first-order chi connectivity index (χ1) is 15.1. The number of pyridine rings is 1. The molecule has 0 bridgehead atoms. The average Bonchev–Trinajstić information content (AvgIpc) is 3.46. The van der Waals surface area contributed by atoms with E-state index in [1.165, 1.54) is 6.26 Å². The van der Waals surface area contributed by atoms with Gasteiger partial charge in [-0.05, 0) is 48.0 Å². The minimum Gasteiger partial charge on any atom is -0.463 e. The normalized spacial score (nSPS) is 10.6. The first kappa shape index (κ1) is 20.4. The van der Waals surface area contributed by atoms with Crippen LogP contribution in [0.2, 0.25) is 5.02 Å². The summed E-state index contributed by atoms with van der Waals surface area (Å²) in [5.41, 5.74) is 2.32. The van der Waals surface area contributed by atoms with E-state index in [2.05, 4.69) is 20.7 Å². The average molecular weight is 436 g/mol. The molecule has 0 aliphatic carbocycles. The Kier molecular flexibility index (Phi) is 6.09. The molecule has 9 heteroatoms. The van der Waals surface area contributed by atoms with Crippen molar-refractivity contribution in [2.75, 3.05) is 6.54 Å². The zero-order valence-corrected chi connectivity index (χ0v) is 17.0. The summed E-state index contributed by atoms with van der Waals surface area (Å²) in [5, 5.41) is 10.3. The molecule has 156 valence electrons. The maximum absolute atomic E-state index is 12.6. The van der Waals surface area contributed by atoms with Crippen molar-refractivity contribution in [3.63, 3.8) is 0 Å². The lowest BCUT2D eigenvalue weighted by Crippen LogP contribution is -2.36. The fraction of sp³-hybridized carbons (Fsp3) is 0.0909. The number of furan rings is 1. The summed E-state index contributed by atoms with van der Waals surface area (Å²) in [5.74, 6) is -0.250. The van der Waals surface area contributed by atoms with Crippen LogP contribution in [-0.4, -0.2) is 33.1 Å². The number of hydrogen-bond acceptors (Lipinski definition) is 5. The maximum atomic E-state index is 12.6. The SMILES string of the molecule is O=C(CNC(=O)c1cc(-c2ccco2)n(-c2cccc(Cl)c2)n1)NCc1ccncc1. The van der Waals surface area contributed by atoms with Crippen LogP contribution in [0.5, 0.6) is 0 Å². The third kappa shape index (κ3) is 4.99. The summed E-state index contributed by atoms with van der Waals surface area (Å²) in [6, 6.07) is 15.8. The van der Waals surface area contributed by atoms with Crippen molar-refractivity contribution < 1.29 is 14.0 Å². The van der Waals surface area contributed by atoms with Gasteiger partial charge >= 0.3 is 0 Å². The smallest absolute Gasteiger partial charge is 0.272 e. The molecule has 31 heavy (non-hydrogen) atoms. The number of nitrogens with one attached hydrogen (secondary N) is 2. The first-order valence-corrected chi connectivity index (χ1v) is 9.81. The summed E-state index contributed by atoms with van der Waals surface area (Å²) in [6.07, 6.45) is 4.84. The van der Waals surface area contributed by atoms with Crippen LogP contribution in [0.4, 0.5) is 0 Å². The molecule has 4 rings (SSSR count). The summed E-state index contributed by atoms with van der Waals surface area (Å²) in [4.78, 5) is 28.6. The van der Waals surface area contributed by atoms with Crippen molar-refractivity contribution in [3.05, 3.63) is 89.5 Å². The van der Waals surface area contributed by atoms with E-state index in [9.17, 15) is 9.59 Å². The third-order valence-corrected chi connectivity index (χ3v) is 4.65. The predicted molar refractivity (Wildman–Crippen MR) is 115 cm³/mol. The van der Waals surface area contributed by atoms with Crippen molar-refractivity contribution in [2.24, 2.45) is 0 Å². The molecule has 8 nitrogen and oxygen atoms in total. The van der Waals surface area contributed by atoms with Gasteiger partial charge in [-0.15, -0.1) is 0 Å². The highest BCUT2D eigenvalue weighted by Gasteiger charge is 2.19. The molecule has 0 atom stereocenters. The quantitative estimate of drug-likeness (QED) is 0.464. The standard InChI is InChI=1S/C22H18ClN5O3/c23-16-3-1-4-17(11-16)28-19(20-5-2-10-31-20)12-18(27-28)22(30)26-14-21(29)25-13-15-6-8-24-9-7-15/h1-12H,13-14H2,(H,25,29)(H,26,30). The zero-order chi connectivity index (χ0) is 21.6. The monoisotopic (exact) mass is 435 g/mol. The van der Waals surface area contributed by atoms with Crippen LogP contribution in [0.25, 0.3) is 17.1 Å². The lowest BCUT2D eigenvalue weighted by atomic mass is 10.2. The minimum absolute atomic E-state index is 0.147. The van der Waals surface area contributed by atoms with Gasteiger partial charge in [-0.3, -0.25) is 14.6 Å². The molecule has 2 N–H and O–H groups in total. The largest absolute Gasteiger partial charge is 0.463 e. The third-order valence-electron chi connectivity index (χ3n) is 4.42. The summed E-state index contributed by atoms with van der Waals surface area (Å²) in [7, 11) is 0. The molecule has 0 spiro atoms. The second-order valence-electron chi connectivity index (χ2n) is 6.60. The maximum Gasteiger partial charge on any atom is 0.272 e. The van der Waals surface area contributed by atoms with Gasteiger partial charge in [-0.1, -0.05) is 17.7 Å². The van der Waals surface area contributed by atoms with Gasteiger partial charge in [0.2, 0.25) is 5.91 Å². The van der Waals surface area contributed by atoms with Crippen LogP contribution in [0.3, 0.4) is 0 Å². The van der Waals surface area contributed by atoms with Crippen molar-refractivity contribution >= 4 is 23.4 Å². The second-order valence-corrected chi connectivity index (χ2v) is 7.04. The number of halogens is 1. The van der Waals surface area contributed by atoms with Crippen LogP contribution in [0, 0.1) is 0 Å². The predicted octanol–water partition coefficient (Wildman–Crippen LogP) is 3.23. The number of benzene rings is 1. The van der Waals surface area contributed by atoms with E-state index in [1.54, 1.807) is 65.6 Å². The van der Waals surface area contributed by atoms with Crippen LogP contribution >= 0.6 is 11.6 Å². The fourth-order valence-electron chi connectivity index (χ4n) is 2.91. The molecule has 0 saturated heterocycles. The van der Waals surface area contributed by atoms with Gasteiger partial charge in [0.15, 0.2) is 11.5 Å². The summed E-state index contributed by atoms with van der Waals surface area (Å²) >= 11 is 6.11. The molecule has 2 amide bonds. The number of amides is 2. The Morgan fingerprint density at radius 3 is 2.61 bits per heavy atom. The van der Waals surface area contributed by atoms with Crippen LogP contribution < -0.4 is 10.6 Å². The molecule has 3 aromatic heterocycles. The van der Waals surface area contributed by atoms with Gasteiger partial charge in [-0.25, -0.2) is 4.68 Å². The molecule has 4 aromatic rings. The molecule has 0 saturated carbocycles. The topological polar surface area (TPSA) is 102 Å². The highest BCUT2D eigenvalue weighted by Crippen LogP contribution is 2.25. The highest BCUT2D eigenvalue weighted by atomic mass is 35.5. The number of carbonyl (C=O) groups excluding carboxylic acids is 2. The molecule has 0 aliphatic rings. The van der Waals surface area contributed by atoms with E-state index in [1.807, 2.05) is 6.07 Å². The first-order valence-electron chi connectivity index (χ1n) is 9.44. The number of rotatable bonds is 7. The Labute approximate surface area is 182 Å². The van der Waals surface area contributed by atoms with Gasteiger partial charge in [0, 0.05) is 30.0 Å². The van der Waals surface area contributed by atoms with Gasteiger partial charge in [0.25, 0.3) is 5.91 Å². The van der Waals surface area contributed by atoms with Crippen LogP contribution in [0.1, 0.15) is 16.1 Å². The van der Waals surface area contributed by atoms with Crippen LogP contribution in [0.15, 0.2) is 77.7 Å². The second kappa shape index (κ2) is 9.27. The zero-order valence-electron chi connectivity index (χ0n) is 16.3. The lowest BCUT2D eigenvalue weighted by molar-refractivity contribution is -0.120. The highest BCUT2D eigenvalue weighted by molar-refractivity contribution is 6.30. The number of aromatic nitrogens is 3. The van der Waals surface area contributed by atoms with Crippen molar-refractivity contribution in [1.29, 1.82) is 0 Å². The minimum atomic E-state index is -0.479. The Balaban J connectivity index is 1.47. The fourth-order valence-corrected chi connectivity index (χ4v) is 3.10.